The van der Waals surface area contributed by atoms with Crippen molar-refractivity contribution < 1.29 is 9.59 Å². The molecule has 0 aromatic carbocycles. The van der Waals surface area contributed by atoms with Gasteiger partial charge in [-0.05, 0) is 0 Å². The molecule has 1 aliphatic heterocycles. The lowest BCUT2D eigenvalue weighted by Gasteiger charge is -2.22. The maximum absolute atomic E-state index is 11.2. The van der Waals surface area contributed by atoms with Gasteiger partial charge in [-0.15, -0.1) is 6.58 Å². The van der Waals surface area contributed by atoms with Gasteiger partial charge >= 0.3 is 0 Å². The largest absolute Gasteiger partial charge is 0.353 e. The van der Waals surface area contributed by atoms with Crippen LogP contribution in [0.1, 0.15) is 6.42 Å². The minimum atomic E-state index is -0.395. The second-order valence-electron chi connectivity index (χ2n) is 3.09. The molecule has 14 heavy (non-hydrogen) atoms. The number of amides is 2. The van der Waals surface area contributed by atoms with Crippen molar-refractivity contribution in [2.24, 2.45) is 0 Å². The Morgan fingerprint density at radius 1 is 1.64 bits per heavy atom. The zero-order valence-electron chi connectivity index (χ0n) is 8.01. The molecule has 3 N–H and O–H groups in total. The first-order valence-electron chi connectivity index (χ1n) is 4.62. The van der Waals surface area contributed by atoms with Crippen LogP contribution >= 0.6 is 0 Å². The molecular formula is C9H15N3O2. The molecule has 1 aliphatic rings. The molecule has 0 radical (unpaired) electrons. The van der Waals surface area contributed by atoms with Gasteiger partial charge in [0.15, 0.2) is 0 Å². The van der Waals surface area contributed by atoms with Crippen molar-refractivity contribution in [3.05, 3.63) is 12.7 Å². The number of carbonyl (C=O) groups excluding carboxylic acids is 2. The van der Waals surface area contributed by atoms with Crippen molar-refractivity contribution >= 4 is 11.8 Å². The highest BCUT2D eigenvalue weighted by Gasteiger charge is 2.23. The number of hydrogen-bond donors (Lipinski definition) is 3. The fourth-order valence-electron chi connectivity index (χ4n) is 1.26. The Balaban J connectivity index is 2.30. The molecule has 5 heteroatoms. The molecule has 0 bridgehead atoms. The molecule has 2 amide bonds. The third-order valence-corrected chi connectivity index (χ3v) is 1.96. The summed E-state index contributed by atoms with van der Waals surface area (Å²) in [5.74, 6) is -0.246. The summed E-state index contributed by atoms with van der Waals surface area (Å²) in [5.41, 5.74) is 0. The van der Waals surface area contributed by atoms with E-state index >= 15 is 0 Å². The summed E-state index contributed by atoms with van der Waals surface area (Å²) >= 11 is 0. The fourth-order valence-corrected chi connectivity index (χ4v) is 1.26. The normalized spacial score (nSPS) is 21.1. The first-order chi connectivity index (χ1) is 6.74. The highest BCUT2D eigenvalue weighted by molar-refractivity contribution is 5.88. The van der Waals surface area contributed by atoms with Crippen LogP contribution in [0.4, 0.5) is 0 Å². The highest BCUT2D eigenvalue weighted by Crippen LogP contribution is 1.95. The number of nitrogens with one attached hydrogen (secondary N) is 3. The number of rotatable bonds is 4. The maximum Gasteiger partial charge on any atom is 0.237 e. The lowest BCUT2D eigenvalue weighted by molar-refractivity contribution is -0.129. The molecule has 1 rings (SSSR count). The quantitative estimate of drug-likeness (QED) is 0.494. The van der Waals surface area contributed by atoms with Crippen LogP contribution in [0.2, 0.25) is 0 Å². The monoisotopic (exact) mass is 197 g/mol. The standard InChI is InChI=1S/C9H15N3O2/c1-2-3-11-8(13)6-7-9(14)12-5-4-10-7/h2,7,10H,1,3-6H2,(H,11,13)(H,12,14). The van der Waals surface area contributed by atoms with Gasteiger partial charge in [-0.2, -0.15) is 0 Å². The molecule has 0 aliphatic carbocycles. The Hall–Kier alpha value is -1.36. The molecule has 1 atom stereocenters. The summed E-state index contributed by atoms with van der Waals surface area (Å²) < 4.78 is 0. The maximum atomic E-state index is 11.2. The van der Waals surface area contributed by atoms with Crippen molar-refractivity contribution in [3.63, 3.8) is 0 Å². The summed E-state index contributed by atoms with van der Waals surface area (Å²) in [7, 11) is 0. The van der Waals surface area contributed by atoms with Gasteiger partial charge in [0.25, 0.3) is 0 Å². The van der Waals surface area contributed by atoms with Gasteiger partial charge in [0.05, 0.1) is 12.5 Å². The van der Waals surface area contributed by atoms with Crippen LogP contribution in [-0.2, 0) is 9.59 Å². The predicted octanol–water partition coefficient (Wildman–Crippen LogP) is -1.23. The zero-order valence-corrected chi connectivity index (χ0v) is 8.01. The van der Waals surface area contributed by atoms with Crippen LogP contribution in [0, 0.1) is 0 Å². The van der Waals surface area contributed by atoms with Gasteiger partial charge in [0.2, 0.25) is 11.8 Å². The van der Waals surface area contributed by atoms with Gasteiger partial charge in [-0.25, -0.2) is 0 Å². The molecule has 5 nitrogen and oxygen atoms in total. The van der Waals surface area contributed by atoms with E-state index in [4.69, 9.17) is 0 Å². The molecule has 0 aromatic heterocycles. The van der Waals surface area contributed by atoms with Crippen molar-refractivity contribution in [2.75, 3.05) is 19.6 Å². The van der Waals surface area contributed by atoms with E-state index in [1.54, 1.807) is 6.08 Å². The van der Waals surface area contributed by atoms with E-state index in [1.165, 1.54) is 0 Å². The van der Waals surface area contributed by atoms with Crippen LogP contribution in [0.15, 0.2) is 12.7 Å². The molecule has 1 saturated heterocycles. The lowest BCUT2D eigenvalue weighted by Crippen LogP contribution is -2.54. The van der Waals surface area contributed by atoms with Crippen LogP contribution < -0.4 is 16.0 Å². The van der Waals surface area contributed by atoms with Gasteiger partial charge in [0, 0.05) is 19.6 Å². The smallest absolute Gasteiger partial charge is 0.237 e. The average Bonchev–Trinajstić information content (AvgIpc) is 2.18. The van der Waals surface area contributed by atoms with Crippen molar-refractivity contribution in [1.82, 2.24) is 16.0 Å². The van der Waals surface area contributed by atoms with E-state index in [9.17, 15) is 9.59 Å². The average molecular weight is 197 g/mol. The first kappa shape index (κ1) is 10.7. The third-order valence-electron chi connectivity index (χ3n) is 1.96. The number of hydrogen-bond acceptors (Lipinski definition) is 3. The van der Waals surface area contributed by atoms with Gasteiger partial charge in [0.1, 0.15) is 0 Å². The second kappa shape index (κ2) is 5.39. The Bertz CT molecular complexity index is 240. The Kier molecular flexibility index (Phi) is 4.12. The number of carbonyl (C=O) groups is 2. The summed E-state index contributed by atoms with van der Waals surface area (Å²) in [6, 6.07) is -0.395. The Labute approximate surface area is 82.9 Å². The molecule has 0 spiro atoms. The predicted molar refractivity (Wildman–Crippen MR) is 52.6 cm³/mol. The third kappa shape index (κ3) is 3.18. The first-order valence-corrected chi connectivity index (χ1v) is 4.62. The summed E-state index contributed by atoms with van der Waals surface area (Å²) in [5, 5.41) is 8.29. The van der Waals surface area contributed by atoms with E-state index in [0.29, 0.717) is 19.6 Å². The Morgan fingerprint density at radius 3 is 3.07 bits per heavy atom. The van der Waals surface area contributed by atoms with Crippen LogP contribution in [0.5, 0.6) is 0 Å². The fraction of sp³-hybridized carbons (Fsp3) is 0.556. The topological polar surface area (TPSA) is 70.2 Å². The van der Waals surface area contributed by atoms with Crippen LogP contribution in [-0.4, -0.2) is 37.5 Å². The van der Waals surface area contributed by atoms with Crippen molar-refractivity contribution in [3.8, 4) is 0 Å². The van der Waals surface area contributed by atoms with Crippen LogP contribution in [0.3, 0.4) is 0 Å². The van der Waals surface area contributed by atoms with Gasteiger partial charge in [-0.1, -0.05) is 6.08 Å². The minimum Gasteiger partial charge on any atom is -0.353 e. The molecule has 1 unspecified atom stereocenters. The summed E-state index contributed by atoms with van der Waals surface area (Å²) in [4.78, 5) is 22.5. The summed E-state index contributed by atoms with van der Waals surface area (Å²) in [6.07, 6.45) is 1.78. The SMILES string of the molecule is C=CCNC(=O)CC1NCCNC1=O. The molecule has 78 valence electrons. The molecule has 0 aromatic rings. The second-order valence-corrected chi connectivity index (χ2v) is 3.09. The number of piperazine rings is 1. The molecule has 0 saturated carbocycles. The van der Waals surface area contributed by atoms with E-state index in [1.807, 2.05) is 0 Å². The molecular weight excluding hydrogens is 182 g/mol. The van der Waals surface area contributed by atoms with Crippen LogP contribution in [0.25, 0.3) is 0 Å². The van der Waals surface area contributed by atoms with E-state index in [-0.39, 0.29) is 18.2 Å². The molecule has 1 fully saturated rings. The zero-order chi connectivity index (χ0) is 10.4. The van der Waals surface area contributed by atoms with E-state index in [0.717, 1.165) is 0 Å². The summed E-state index contributed by atoms with van der Waals surface area (Å²) in [6.45, 7) is 5.26. The molecule has 1 heterocycles. The van der Waals surface area contributed by atoms with E-state index < -0.39 is 6.04 Å². The highest BCUT2D eigenvalue weighted by atomic mass is 16.2. The van der Waals surface area contributed by atoms with Gasteiger partial charge in [-0.3, -0.25) is 9.59 Å². The minimum absolute atomic E-state index is 0.106. The lowest BCUT2D eigenvalue weighted by atomic mass is 10.1. The Morgan fingerprint density at radius 2 is 2.43 bits per heavy atom. The van der Waals surface area contributed by atoms with E-state index in [2.05, 4.69) is 22.5 Å². The van der Waals surface area contributed by atoms with Crippen molar-refractivity contribution in [1.29, 1.82) is 0 Å². The van der Waals surface area contributed by atoms with Gasteiger partial charge < -0.3 is 16.0 Å². The van der Waals surface area contributed by atoms with Crippen molar-refractivity contribution in [2.45, 2.75) is 12.5 Å².